The number of hydrogen-bond acceptors (Lipinski definition) is 1. The van der Waals surface area contributed by atoms with Crippen LogP contribution >= 0.6 is 0 Å². The van der Waals surface area contributed by atoms with Crippen molar-refractivity contribution in [2.75, 3.05) is 5.32 Å². The Bertz CT molecular complexity index is 444. The van der Waals surface area contributed by atoms with Crippen molar-refractivity contribution in [3.63, 3.8) is 0 Å². The molecule has 3 rings (SSSR count). The minimum absolute atomic E-state index is 0.123. The van der Waals surface area contributed by atoms with Crippen molar-refractivity contribution in [3.05, 3.63) is 29.6 Å². The minimum Gasteiger partial charge on any atom is -0.382 e. The third-order valence-corrected chi connectivity index (χ3v) is 5.47. The van der Waals surface area contributed by atoms with Gasteiger partial charge in [-0.05, 0) is 55.4 Å². The van der Waals surface area contributed by atoms with E-state index in [1.807, 2.05) is 6.92 Å². The topological polar surface area (TPSA) is 12.0 Å². The lowest BCUT2D eigenvalue weighted by Crippen LogP contribution is -2.37. The first kappa shape index (κ1) is 14.9. The summed E-state index contributed by atoms with van der Waals surface area (Å²) in [5.41, 5.74) is 1.97. The van der Waals surface area contributed by atoms with Gasteiger partial charge in [-0.2, -0.15) is 0 Å². The van der Waals surface area contributed by atoms with Crippen molar-refractivity contribution in [2.24, 2.45) is 11.8 Å². The van der Waals surface area contributed by atoms with Crippen molar-refractivity contribution in [1.29, 1.82) is 0 Å². The fourth-order valence-corrected chi connectivity index (χ4v) is 4.50. The zero-order chi connectivity index (χ0) is 14.7. The minimum atomic E-state index is -0.123. The first-order valence-electron chi connectivity index (χ1n) is 8.76. The van der Waals surface area contributed by atoms with Gasteiger partial charge >= 0.3 is 0 Å². The highest BCUT2D eigenvalue weighted by molar-refractivity contribution is 5.47. The summed E-state index contributed by atoms with van der Waals surface area (Å²) in [7, 11) is 0. The third kappa shape index (κ3) is 3.78. The van der Waals surface area contributed by atoms with E-state index in [9.17, 15) is 4.39 Å². The second-order valence-electron chi connectivity index (χ2n) is 7.11. The summed E-state index contributed by atoms with van der Waals surface area (Å²) < 4.78 is 13.6. The number of aryl methyl sites for hydroxylation is 1. The highest BCUT2D eigenvalue weighted by Crippen LogP contribution is 2.39. The Morgan fingerprint density at radius 3 is 2.38 bits per heavy atom. The van der Waals surface area contributed by atoms with Crippen molar-refractivity contribution >= 4 is 5.69 Å². The molecule has 116 valence electrons. The van der Waals surface area contributed by atoms with E-state index < -0.39 is 0 Å². The fraction of sp³-hybridized carbons (Fsp3) is 0.684. The van der Waals surface area contributed by atoms with Crippen LogP contribution in [0.3, 0.4) is 0 Å². The van der Waals surface area contributed by atoms with Crippen LogP contribution in [0.4, 0.5) is 10.1 Å². The van der Waals surface area contributed by atoms with Crippen LogP contribution in [-0.2, 0) is 0 Å². The second kappa shape index (κ2) is 6.81. The number of anilines is 1. The Balaban J connectivity index is 1.71. The molecule has 0 radical (unpaired) electrons. The summed E-state index contributed by atoms with van der Waals surface area (Å²) >= 11 is 0. The standard InChI is InChI=1S/C19H28FN/c1-14-11-16(20)13-17(12-14)21-19-10-6-5-9-18(19)15-7-3-2-4-8-15/h11-13,15,18-19,21H,2-10H2,1H3. The summed E-state index contributed by atoms with van der Waals surface area (Å²) in [6.45, 7) is 1.97. The number of halogens is 1. The van der Waals surface area contributed by atoms with E-state index in [1.54, 1.807) is 12.1 Å². The van der Waals surface area contributed by atoms with Gasteiger partial charge in [-0.25, -0.2) is 4.39 Å². The van der Waals surface area contributed by atoms with Crippen LogP contribution in [0.25, 0.3) is 0 Å². The molecular formula is C19H28FN. The lowest BCUT2D eigenvalue weighted by Gasteiger charge is -2.40. The van der Waals surface area contributed by atoms with Crippen molar-refractivity contribution in [1.82, 2.24) is 0 Å². The van der Waals surface area contributed by atoms with Gasteiger partial charge in [-0.15, -0.1) is 0 Å². The molecule has 0 aromatic heterocycles. The average Bonchev–Trinajstić information content (AvgIpc) is 2.48. The molecule has 2 atom stereocenters. The van der Waals surface area contributed by atoms with E-state index in [-0.39, 0.29) is 5.82 Å². The molecule has 0 amide bonds. The van der Waals surface area contributed by atoms with E-state index in [0.717, 1.165) is 23.1 Å². The number of rotatable bonds is 3. The van der Waals surface area contributed by atoms with E-state index >= 15 is 0 Å². The largest absolute Gasteiger partial charge is 0.382 e. The van der Waals surface area contributed by atoms with Crippen molar-refractivity contribution in [3.8, 4) is 0 Å². The average molecular weight is 289 g/mol. The maximum absolute atomic E-state index is 13.6. The molecule has 2 aliphatic carbocycles. The SMILES string of the molecule is Cc1cc(F)cc(NC2CCCCC2C2CCCCC2)c1. The van der Waals surface area contributed by atoms with Crippen LogP contribution in [0.2, 0.25) is 0 Å². The van der Waals surface area contributed by atoms with Crippen LogP contribution in [0.1, 0.15) is 63.4 Å². The highest BCUT2D eigenvalue weighted by Gasteiger charge is 2.32. The Labute approximate surface area is 128 Å². The molecule has 2 fully saturated rings. The Morgan fingerprint density at radius 2 is 1.62 bits per heavy atom. The first-order valence-corrected chi connectivity index (χ1v) is 8.76. The zero-order valence-corrected chi connectivity index (χ0v) is 13.2. The normalized spacial score (nSPS) is 27.5. The van der Waals surface area contributed by atoms with Gasteiger partial charge in [-0.1, -0.05) is 44.9 Å². The summed E-state index contributed by atoms with van der Waals surface area (Å²) in [6.07, 6.45) is 12.4. The van der Waals surface area contributed by atoms with E-state index in [4.69, 9.17) is 0 Å². The van der Waals surface area contributed by atoms with Gasteiger partial charge in [0.25, 0.3) is 0 Å². The zero-order valence-electron chi connectivity index (χ0n) is 13.2. The maximum Gasteiger partial charge on any atom is 0.125 e. The fourth-order valence-electron chi connectivity index (χ4n) is 4.50. The molecule has 1 aromatic rings. The van der Waals surface area contributed by atoms with Gasteiger partial charge in [-0.3, -0.25) is 0 Å². The predicted octanol–water partition coefficient (Wildman–Crippen LogP) is 5.69. The van der Waals surface area contributed by atoms with Crippen LogP contribution in [0.5, 0.6) is 0 Å². The maximum atomic E-state index is 13.6. The van der Waals surface area contributed by atoms with Gasteiger partial charge in [0.2, 0.25) is 0 Å². The molecule has 2 saturated carbocycles. The summed E-state index contributed by atoms with van der Waals surface area (Å²) in [6, 6.07) is 5.88. The molecular weight excluding hydrogens is 261 g/mol. The summed E-state index contributed by atoms with van der Waals surface area (Å²) in [5.74, 6) is 1.57. The second-order valence-corrected chi connectivity index (χ2v) is 7.11. The molecule has 0 saturated heterocycles. The highest BCUT2D eigenvalue weighted by atomic mass is 19.1. The summed E-state index contributed by atoms with van der Waals surface area (Å²) in [5, 5.41) is 3.67. The smallest absolute Gasteiger partial charge is 0.125 e. The Hall–Kier alpha value is -1.05. The quantitative estimate of drug-likeness (QED) is 0.754. The molecule has 21 heavy (non-hydrogen) atoms. The number of nitrogens with one attached hydrogen (secondary N) is 1. The third-order valence-electron chi connectivity index (χ3n) is 5.47. The molecule has 1 aromatic carbocycles. The molecule has 1 nitrogen and oxygen atoms in total. The Morgan fingerprint density at radius 1 is 0.905 bits per heavy atom. The molecule has 2 aliphatic rings. The molecule has 0 bridgehead atoms. The van der Waals surface area contributed by atoms with Crippen LogP contribution < -0.4 is 5.32 Å². The lowest BCUT2D eigenvalue weighted by molar-refractivity contribution is 0.180. The Kier molecular flexibility index (Phi) is 4.82. The lowest BCUT2D eigenvalue weighted by atomic mass is 9.71. The van der Waals surface area contributed by atoms with Crippen LogP contribution in [-0.4, -0.2) is 6.04 Å². The molecule has 0 aliphatic heterocycles. The molecule has 0 spiro atoms. The van der Waals surface area contributed by atoms with Gasteiger partial charge in [0.05, 0.1) is 0 Å². The predicted molar refractivity (Wildman–Crippen MR) is 87.1 cm³/mol. The van der Waals surface area contributed by atoms with Gasteiger partial charge in [0.15, 0.2) is 0 Å². The van der Waals surface area contributed by atoms with Crippen molar-refractivity contribution in [2.45, 2.75) is 70.8 Å². The first-order chi connectivity index (χ1) is 10.2. The number of benzene rings is 1. The van der Waals surface area contributed by atoms with E-state index in [0.29, 0.717) is 6.04 Å². The molecule has 1 N–H and O–H groups in total. The molecule has 0 heterocycles. The van der Waals surface area contributed by atoms with Gasteiger partial charge < -0.3 is 5.32 Å². The van der Waals surface area contributed by atoms with Gasteiger partial charge in [0.1, 0.15) is 5.82 Å². The molecule has 2 heteroatoms. The van der Waals surface area contributed by atoms with Gasteiger partial charge in [0, 0.05) is 11.7 Å². The van der Waals surface area contributed by atoms with Crippen LogP contribution in [0, 0.1) is 24.6 Å². The van der Waals surface area contributed by atoms with Crippen molar-refractivity contribution < 1.29 is 4.39 Å². The van der Waals surface area contributed by atoms with E-state index in [2.05, 4.69) is 11.4 Å². The van der Waals surface area contributed by atoms with Crippen LogP contribution in [0.15, 0.2) is 18.2 Å². The number of hydrogen-bond donors (Lipinski definition) is 1. The molecule has 2 unspecified atom stereocenters. The summed E-state index contributed by atoms with van der Waals surface area (Å²) in [4.78, 5) is 0. The van der Waals surface area contributed by atoms with E-state index in [1.165, 1.54) is 57.8 Å². The monoisotopic (exact) mass is 289 g/mol.